The lowest BCUT2D eigenvalue weighted by atomic mass is 10.0. The van der Waals surface area contributed by atoms with Crippen LogP contribution in [0, 0.1) is 6.92 Å². The summed E-state index contributed by atoms with van der Waals surface area (Å²) in [5, 5.41) is 8.46. The number of hydrogen-bond donors (Lipinski definition) is 1. The molecule has 1 unspecified atom stereocenters. The van der Waals surface area contributed by atoms with Crippen LogP contribution < -0.4 is 5.32 Å². The van der Waals surface area contributed by atoms with Crippen molar-refractivity contribution in [3.05, 3.63) is 78.0 Å². The van der Waals surface area contributed by atoms with Crippen molar-refractivity contribution in [1.82, 2.24) is 24.7 Å². The van der Waals surface area contributed by atoms with Crippen LogP contribution in [0.3, 0.4) is 0 Å². The maximum Gasteiger partial charge on any atom is 0.327 e. The quantitative estimate of drug-likeness (QED) is 0.508. The molecule has 3 heterocycles. The predicted molar refractivity (Wildman–Crippen MR) is 108 cm³/mol. The number of benzene rings is 1. The van der Waals surface area contributed by atoms with E-state index < -0.39 is 5.97 Å². The minimum absolute atomic E-state index is 0.0159. The third kappa shape index (κ3) is 3.91. The summed E-state index contributed by atoms with van der Waals surface area (Å²) in [6.45, 7) is 2.04. The first kappa shape index (κ1) is 18.5. The van der Waals surface area contributed by atoms with Crippen molar-refractivity contribution < 1.29 is 9.53 Å². The molecule has 4 rings (SSSR count). The number of nitrogens with one attached hydrogen (secondary N) is 1. The Bertz CT molecular complexity index is 1140. The summed E-state index contributed by atoms with van der Waals surface area (Å²) in [6.07, 6.45) is 4.86. The standard InChI is InChI=1S/C21H20N6O2/c1-14-6-5-7-15(10-14)19(17-8-3-4-9-22-17)26-20-16-11-25-27(12-18(28)29-2)21(16)24-13-23-20/h3-11,13,19H,12H2,1-2H3,(H,23,24,26). The fourth-order valence-corrected chi connectivity index (χ4v) is 3.17. The van der Waals surface area contributed by atoms with Crippen molar-refractivity contribution >= 4 is 22.8 Å². The van der Waals surface area contributed by atoms with Crippen LogP contribution in [0.1, 0.15) is 22.9 Å². The van der Waals surface area contributed by atoms with Gasteiger partial charge >= 0.3 is 5.97 Å². The molecular weight excluding hydrogens is 368 g/mol. The maximum atomic E-state index is 11.6. The van der Waals surface area contributed by atoms with Gasteiger partial charge in [0.05, 0.1) is 30.4 Å². The lowest BCUT2D eigenvalue weighted by Gasteiger charge is -2.20. The second-order valence-corrected chi connectivity index (χ2v) is 6.58. The average molecular weight is 388 g/mol. The number of carbonyl (C=O) groups is 1. The zero-order chi connectivity index (χ0) is 20.2. The fourth-order valence-electron chi connectivity index (χ4n) is 3.17. The SMILES string of the molecule is COC(=O)Cn1ncc2c(NC(c3cccc(C)c3)c3ccccn3)ncnc21. The number of ether oxygens (including phenoxy) is 1. The summed E-state index contributed by atoms with van der Waals surface area (Å²) in [6, 6.07) is 13.8. The molecule has 8 nitrogen and oxygen atoms in total. The van der Waals surface area contributed by atoms with Crippen molar-refractivity contribution in [3.63, 3.8) is 0 Å². The van der Waals surface area contributed by atoms with Crippen LogP contribution in [-0.2, 0) is 16.1 Å². The molecule has 0 saturated heterocycles. The number of pyridine rings is 1. The topological polar surface area (TPSA) is 94.8 Å². The zero-order valence-corrected chi connectivity index (χ0v) is 16.1. The van der Waals surface area contributed by atoms with Gasteiger partial charge in [-0.15, -0.1) is 0 Å². The predicted octanol–water partition coefficient (Wildman–Crippen LogP) is 2.90. The van der Waals surface area contributed by atoms with Crippen molar-refractivity contribution in [2.45, 2.75) is 19.5 Å². The molecule has 8 heteroatoms. The van der Waals surface area contributed by atoms with Gasteiger partial charge in [0, 0.05) is 6.20 Å². The molecule has 0 radical (unpaired) electrons. The highest BCUT2D eigenvalue weighted by Crippen LogP contribution is 2.28. The van der Waals surface area contributed by atoms with E-state index in [1.54, 1.807) is 12.4 Å². The molecule has 146 valence electrons. The largest absolute Gasteiger partial charge is 0.468 e. The first-order valence-corrected chi connectivity index (χ1v) is 9.13. The number of anilines is 1. The molecule has 0 spiro atoms. The number of aromatic nitrogens is 5. The molecule has 4 aromatic rings. The van der Waals surface area contributed by atoms with Crippen molar-refractivity contribution in [3.8, 4) is 0 Å². The zero-order valence-electron chi connectivity index (χ0n) is 16.1. The Kier molecular flexibility index (Phi) is 5.15. The van der Waals surface area contributed by atoms with Crippen molar-refractivity contribution in [1.29, 1.82) is 0 Å². The Balaban J connectivity index is 1.75. The normalized spacial score (nSPS) is 11.9. The Hall–Kier alpha value is -3.81. The number of fused-ring (bicyclic) bond motifs is 1. The maximum absolute atomic E-state index is 11.6. The Morgan fingerprint density at radius 2 is 2.07 bits per heavy atom. The molecule has 29 heavy (non-hydrogen) atoms. The molecule has 1 N–H and O–H groups in total. The summed E-state index contributed by atoms with van der Waals surface area (Å²) < 4.78 is 6.22. The van der Waals surface area contributed by atoms with Gasteiger partial charge in [0.1, 0.15) is 18.7 Å². The van der Waals surface area contributed by atoms with E-state index in [0.717, 1.165) is 16.8 Å². The highest BCUT2D eigenvalue weighted by atomic mass is 16.5. The van der Waals surface area contributed by atoms with Gasteiger partial charge in [-0.05, 0) is 24.6 Å². The van der Waals surface area contributed by atoms with Crippen LogP contribution in [-0.4, -0.2) is 37.8 Å². The van der Waals surface area contributed by atoms with E-state index in [1.165, 1.54) is 18.1 Å². The van der Waals surface area contributed by atoms with E-state index in [2.05, 4.69) is 50.5 Å². The summed E-state index contributed by atoms with van der Waals surface area (Å²) in [4.78, 5) is 24.9. The lowest BCUT2D eigenvalue weighted by molar-refractivity contribution is -0.141. The third-order valence-corrected chi connectivity index (χ3v) is 4.58. The van der Waals surface area contributed by atoms with E-state index >= 15 is 0 Å². The van der Waals surface area contributed by atoms with Gasteiger partial charge in [0.15, 0.2) is 5.65 Å². The molecule has 0 aliphatic carbocycles. The molecule has 1 atom stereocenters. The van der Waals surface area contributed by atoms with Gasteiger partial charge in [0.2, 0.25) is 0 Å². The average Bonchev–Trinajstić information content (AvgIpc) is 3.16. The molecule has 0 aliphatic heterocycles. The van der Waals surface area contributed by atoms with Crippen LogP contribution in [0.5, 0.6) is 0 Å². The van der Waals surface area contributed by atoms with Gasteiger partial charge in [-0.25, -0.2) is 14.6 Å². The van der Waals surface area contributed by atoms with Crippen molar-refractivity contribution in [2.24, 2.45) is 0 Å². The van der Waals surface area contributed by atoms with E-state index in [0.29, 0.717) is 16.9 Å². The Labute approximate surface area is 167 Å². The summed E-state index contributed by atoms with van der Waals surface area (Å²) in [7, 11) is 1.34. The number of aryl methyl sites for hydroxylation is 1. The number of rotatable bonds is 6. The van der Waals surface area contributed by atoms with E-state index in [1.807, 2.05) is 24.3 Å². The van der Waals surface area contributed by atoms with E-state index in [4.69, 9.17) is 4.74 Å². The van der Waals surface area contributed by atoms with Crippen LogP contribution in [0.15, 0.2) is 61.2 Å². The number of carbonyl (C=O) groups excluding carboxylic acids is 1. The number of methoxy groups -OCH3 is 1. The Morgan fingerprint density at radius 1 is 1.17 bits per heavy atom. The van der Waals surface area contributed by atoms with Crippen LogP contribution in [0.25, 0.3) is 11.0 Å². The summed E-state index contributed by atoms with van der Waals surface area (Å²) >= 11 is 0. The van der Waals surface area contributed by atoms with Crippen LogP contribution >= 0.6 is 0 Å². The molecule has 0 saturated carbocycles. The first-order valence-electron chi connectivity index (χ1n) is 9.13. The molecule has 3 aromatic heterocycles. The summed E-state index contributed by atoms with van der Waals surface area (Å²) in [5.74, 6) is 0.220. The van der Waals surface area contributed by atoms with Crippen LogP contribution in [0.2, 0.25) is 0 Å². The van der Waals surface area contributed by atoms with Gasteiger partial charge in [-0.1, -0.05) is 35.9 Å². The number of hydrogen-bond acceptors (Lipinski definition) is 7. The molecular formula is C21H20N6O2. The summed E-state index contributed by atoms with van der Waals surface area (Å²) in [5.41, 5.74) is 3.64. The molecule has 1 aromatic carbocycles. The number of nitrogens with zero attached hydrogens (tertiary/aromatic N) is 5. The van der Waals surface area contributed by atoms with E-state index in [-0.39, 0.29) is 12.6 Å². The van der Waals surface area contributed by atoms with Gasteiger partial charge in [0.25, 0.3) is 0 Å². The smallest absolute Gasteiger partial charge is 0.327 e. The monoisotopic (exact) mass is 388 g/mol. The van der Waals surface area contributed by atoms with Gasteiger partial charge < -0.3 is 10.1 Å². The van der Waals surface area contributed by atoms with Gasteiger partial charge in [-0.3, -0.25) is 9.78 Å². The highest BCUT2D eigenvalue weighted by molar-refractivity contribution is 5.87. The molecule has 0 bridgehead atoms. The molecule has 0 fully saturated rings. The van der Waals surface area contributed by atoms with Gasteiger partial charge in [-0.2, -0.15) is 5.10 Å². The third-order valence-electron chi connectivity index (χ3n) is 4.58. The minimum atomic E-state index is -0.394. The lowest BCUT2D eigenvalue weighted by Crippen LogP contribution is -2.15. The van der Waals surface area contributed by atoms with Crippen molar-refractivity contribution in [2.75, 3.05) is 12.4 Å². The second-order valence-electron chi connectivity index (χ2n) is 6.58. The second kappa shape index (κ2) is 8.05. The molecule has 0 aliphatic rings. The van der Waals surface area contributed by atoms with Crippen LogP contribution in [0.4, 0.5) is 5.82 Å². The fraction of sp³-hybridized carbons (Fsp3) is 0.190. The highest BCUT2D eigenvalue weighted by Gasteiger charge is 2.19. The Morgan fingerprint density at radius 3 is 2.83 bits per heavy atom. The first-order chi connectivity index (χ1) is 14.2. The number of esters is 1. The molecule has 0 amide bonds. The van der Waals surface area contributed by atoms with E-state index in [9.17, 15) is 4.79 Å². The minimum Gasteiger partial charge on any atom is -0.468 e.